The van der Waals surface area contributed by atoms with Gasteiger partial charge in [0.1, 0.15) is 5.84 Å². The Morgan fingerprint density at radius 1 is 1.63 bits per heavy atom. The number of nitrogens with two attached hydrogens (primary N) is 1. The first kappa shape index (κ1) is 15.2. The van der Waals surface area contributed by atoms with Crippen molar-refractivity contribution in [3.63, 3.8) is 0 Å². The predicted molar refractivity (Wildman–Crippen MR) is 71.0 cm³/mol. The number of halogens is 2. The molecule has 0 radical (unpaired) electrons. The summed E-state index contributed by atoms with van der Waals surface area (Å²) in [6.45, 7) is 1.71. The van der Waals surface area contributed by atoms with Crippen molar-refractivity contribution in [2.45, 2.75) is 19.4 Å². The lowest BCUT2D eigenvalue weighted by Gasteiger charge is -2.24. The highest BCUT2D eigenvalue weighted by Gasteiger charge is 2.22. The molecule has 1 rings (SSSR count). The molecule has 0 aliphatic carbocycles. The average Bonchev–Trinajstić information content (AvgIpc) is 2.39. The molecule has 0 aromatic heterocycles. The minimum absolute atomic E-state index is 0.00119. The van der Waals surface area contributed by atoms with Crippen molar-refractivity contribution in [1.29, 1.82) is 0 Å². The second-order valence-corrected chi connectivity index (χ2v) is 4.57. The van der Waals surface area contributed by atoms with Crippen LogP contribution in [0.5, 0.6) is 0 Å². The predicted octanol–water partition coefficient (Wildman–Crippen LogP) is 2.08. The first-order valence-corrected chi connectivity index (χ1v) is 5.93. The van der Waals surface area contributed by atoms with Gasteiger partial charge in [-0.2, -0.15) is 0 Å². The van der Waals surface area contributed by atoms with Gasteiger partial charge in [0.05, 0.1) is 10.6 Å². The number of hydrogen-bond acceptors (Lipinski definition) is 3. The fraction of sp³-hybridized carbons (Fsp3) is 0.333. The molecule has 1 aromatic carbocycles. The van der Waals surface area contributed by atoms with E-state index >= 15 is 0 Å². The van der Waals surface area contributed by atoms with Crippen LogP contribution in [0, 0.1) is 5.82 Å². The van der Waals surface area contributed by atoms with Crippen molar-refractivity contribution in [2.24, 2.45) is 10.9 Å². The summed E-state index contributed by atoms with van der Waals surface area (Å²) < 4.78 is 13.7. The smallest absolute Gasteiger partial charge is 0.256 e. The molecule has 7 heteroatoms. The van der Waals surface area contributed by atoms with Gasteiger partial charge in [0.25, 0.3) is 5.91 Å². The number of carbonyl (C=O) groups is 1. The molecule has 1 aromatic rings. The van der Waals surface area contributed by atoms with Crippen LogP contribution in [0.15, 0.2) is 23.4 Å². The lowest BCUT2D eigenvalue weighted by atomic mass is 10.1. The molecule has 0 heterocycles. The van der Waals surface area contributed by atoms with Gasteiger partial charge in [-0.3, -0.25) is 4.79 Å². The Hall–Kier alpha value is -1.82. The zero-order chi connectivity index (χ0) is 14.6. The van der Waals surface area contributed by atoms with E-state index < -0.39 is 11.7 Å². The van der Waals surface area contributed by atoms with Gasteiger partial charge >= 0.3 is 0 Å². The van der Waals surface area contributed by atoms with E-state index in [1.54, 1.807) is 6.92 Å². The largest absolute Gasteiger partial charge is 0.409 e. The van der Waals surface area contributed by atoms with Gasteiger partial charge in [-0.25, -0.2) is 4.39 Å². The van der Waals surface area contributed by atoms with E-state index in [0.717, 1.165) is 0 Å². The number of hydrogen-bond donors (Lipinski definition) is 2. The molecule has 1 unspecified atom stereocenters. The highest BCUT2D eigenvalue weighted by atomic mass is 35.5. The van der Waals surface area contributed by atoms with Gasteiger partial charge in [0.15, 0.2) is 5.82 Å². The first-order chi connectivity index (χ1) is 8.88. The summed E-state index contributed by atoms with van der Waals surface area (Å²) in [6, 6.07) is 3.88. The Kier molecular flexibility index (Phi) is 5.11. The van der Waals surface area contributed by atoms with Crippen molar-refractivity contribution in [1.82, 2.24) is 4.90 Å². The molecule has 19 heavy (non-hydrogen) atoms. The van der Waals surface area contributed by atoms with Gasteiger partial charge < -0.3 is 15.8 Å². The van der Waals surface area contributed by atoms with Crippen molar-refractivity contribution in [3.8, 4) is 0 Å². The molecular formula is C12H15ClFN3O2. The maximum atomic E-state index is 13.7. The minimum Gasteiger partial charge on any atom is -0.409 e. The van der Waals surface area contributed by atoms with Gasteiger partial charge in [0, 0.05) is 19.5 Å². The van der Waals surface area contributed by atoms with Crippen molar-refractivity contribution in [3.05, 3.63) is 34.6 Å². The molecule has 0 saturated carbocycles. The molecule has 0 aliphatic rings. The molecular weight excluding hydrogens is 273 g/mol. The van der Waals surface area contributed by atoms with Crippen LogP contribution in [0.4, 0.5) is 4.39 Å². The van der Waals surface area contributed by atoms with Crippen LogP contribution in [0.3, 0.4) is 0 Å². The summed E-state index contributed by atoms with van der Waals surface area (Å²) >= 11 is 5.63. The molecule has 104 valence electrons. The SMILES string of the molecule is CC(C/C(N)=N/O)N(C)C(=O)c1cccc(Cl)c1F. The zero-order valence-corrected chi connectivity index (χ0v) is 11.4. The Morgan fingerprint density at radius 2 is 2.26 bits per heavy atom. The van der Waals surface area contributed by atoms with Crippen LogP contribution >= 0.6 is 11.6 Å². The number of amidine groups is 1. The molecule has 0 bridgehead atoms. The summed E-state index contributed by atoms with van der Waals surface area (Å²) in [6.07, 6.45) is 0.181. The Morgan fingerprint density at radius 3 is 2.84 bits per heavy atom. The van der Waals surface area contributed by atoms with E-state index in [1.165, 1.54) is 30.1 Å². The summed E-state index contributed by atoms with van der Waals surface area (Å²) in [4.78, 5) is 13.4. The van der Waals surface area contributed by atoms with Gasteiger partial charge in [-0.15, -0.1) is 0 Å². The summed E-state index contributed by atoms with van der Waals surface area (Å²) in [7, 11) is 1.51. The number of carbonyl (C=O) groups excluding carboxylic acids is 1. The Bertz CT molecular complexity index is 508. The lowest BCUT2D eigenvalue weighted by Crippen LogP contribution is -2.38. The fourth-order valence-electron chi connectivity index (χ4n) is 1.54. The van der Waals surface area contributed by atoms with E-state index in [9.17, 15) is 9.18 Å². The number of amides is 1. The Labute approximate surface area is 115 Å². The number of rotatable bonds is 4. The van der Waals surface area contributed by atoms with E-state index in [-0.39, 0.29) is 28.9 Å². The van der Waals surface area contributed by atoms with E-state index in [0.29, 0.717) is 0 Å². The topological polar surface area (TPSA) is 78.9 Å². The second-order valence-electron chi connectivity index (χ2n) is 4.16. The lowest BCUT2D eigenvalue weighted by molar-refractivity contribution is 0.0742. The highest BCUT2D eigenvalue weighted by molar-refractivity contribution is 6.31. The molecule has 5 nitrogen and oxygen atoms in total. The van der Waals surface area contributed by atoms with Crippen LogP contribution in [0.25, 0.3) is 0 Å². The minimum atomic E-state index is -0.753. The third-order valence-corrected chi connectivity index (χ3v) is 3.09. The van der Waals surface area contributed by atoms with E-state index in [1.807, 2.05) is 0 Å². The third kappa shape index (κ3) is 3.57. The molecule has 0 saturated heterocycles. The quantitative estimate of drug-likeness (QED) is 0.385. The van der Waals surface area contributed by atoms with E-state index in [4.69, 9.17) is 22.5 Å². The van der Waals surface area contributed by atoms with Crippen LogP contribution in [-0.4, -0.2) is 34.9 Å². The van der Waals surface area contributed by atoms with Gasteiger partial charge in [-0.1, -0.05) is 22.8 Å². The van der Waals surface area contributed by atoms with Crippen molar-refractivity contribution >= 4 is 23.3 Å². The second kappa shape index (κ2) is 6.38. The normalized spacial score (nSPS) is 13.2. The maximum absolute atomic E-state index is 13.7. The molecule has 1 amide bonds. The van der Waals surface area contributed by atoms with Crippen LogP contribution in [0.2, 0.25) is 5.02 Å². The summed E-state index contributed by atoms with van der Waals surface area (Å²) in [5.41, 5.74) is 5.26. The first-order valence-electron chi connectivity index (χ1n) is 5.56. The van der Waals surface area contributed by atoms with Crippen LogP contribution < -0.4 is 5.73 Å². The number of benzene rings is 1. The summed E-state index contributed by atoms with van der Waals surface area (Å²) in [5.74, 6) is -1.27. The third-order valence-electron chi connectivity index (χ3n) is 2.80. The molecule has 1 atom stereocenters. The van der Waals surface area contributed by atoms with Crippen molar-refractivity contribution < 1.29 is 14.4 Å². The fourth-order valence-corrected chi connectivity index (χ4v) is 1.71. The van der Waals surface area contributed by atoms with E-state index in [2.05, 4.69) is 5.16 Å². The molecule has 0 spiro atoms. The molecule has 0 fully saturated rings. The highest BCUT2D eigenvalue weighted by Crippen LogP contribution is 2.20. The molecule has 0 aliphatic heterocycles. The maximum Gasteiger partial charge on any atom is 0.256 e. The summed E-state index contributed by atoms with van der Waals surface area (Å²) in [5, 5.41) is 11.2. The standard InChI is InChI=1S/C12H15ClFN3O2/c1-7(6-10(15)16-19)17(2)12(18)8-4-3-5-9(13)11(8)14/h3-5,7,19H,6H2,1-2H3,(H2,15,16). The zero-order valence-electron chi connectivity index (χ0n) is 10.6. The monoisotopic (exact) mass is 287 g/mol. The van der Waals surface area contributed by atoms with Gasteiger partial charge in [-0.05, 0) is 19.1 Å². The number of oxime groups is 1. The molecule has 3 N–H and O–H groups in total. The van der Waals surface area contributed by atoms with Crippen molar-refractivity contribution in [2.75, 3.05) is 7.05 Å². The average molecular weight is 288 g/mol. The van der Waals surface area contributed by atoms with Gasteiger partial charge in [0.2, 0.25) is 0 Å². The Balaban J connectivity index is 2.90. The van der Waals surface area contributed by atoms with Crippen LogP contribution in [0.1, 0.15) is 23.7 Å². The van der Waals surface area contributed by atoms with Crippen LogP contribution in [-0.2, 0) is 0 Å². The number of nitrogens with zero attached hydrogens (tertiary/aromatic N) is 2.